The van der Waals surface area contributed by atoms with Gasteiger partial charge in [-0.15, -0.1) is 0 Å². The lowest BCUT2D eigenvalue weighted by Crippen LogP contribution is -2.40. The summed E-state index contributed by atoms with van der Waals surface area (Å²) in [4.78, 5) is 24.0. The summed E-state index contributed by atoms with van der Waals surface area (Å²) in [6.07, 6.45) is 0. The van der Waals surface area contributed by atoms with Crippen LogP contribution in [0.3, 0.4) is 0 Å². The maximum absolute atomic E-state index is 12.0. The maximum Gasteiger partial charge on any atom is 0.323 e. The number of benzene rings is 2. The van der Waals surface area contributed by atoms with Gasteiger partial charge in [0.1, 0.15) is 0 Å². The van der Waals surface area contributed by atoms with Gasteiger partial charge in [-0.1, -0.05) is 17.7 Å². The molecule has 24 heavy (non-hydrogen) atoms. The molecule has 0 aliphatic rings. The molecule has 3 amide bonds. The van der Waals surface area contributed by atoms with Crippen LogP contribution in [0.15, 0.2) is 48.5 Å². The first-order valence-corrected chi connectivity index (χ1v) is 7.87. The minimum Gasteiger partial charge on any atom is -0.347 e. The highest BCUT2D eigenvalue weighted by Crippen LogP contribution is 2.16. The van der Waals surface area contributed by atoms with Gasteiger partial charge in [0.25, 0.3) is 5.91 Å². The SMILES string of the molecule is CC(C)(C)NC(=O)c1ccc(NC(=O)Nc2cccc(Cl)c2)cc1. The second-order valence-corrected chi connectivity index (χ2v) is 6.81. The molecule has 0 saturated carbocycles. The molecule has 2 aromatic carbocycles. The molecule has 0 unspecified atom stereocenters. The van der Waals surface area contributed by atoms with Crippen molar-refractivity contribution in [3.8, 4) is 0 Å². The molecule has 0 atom stereocenters. The Balaban J connectivity index is 1.96. The molecule has 0 fully saturated rings. The summed E-state index contributed by atoms with van der Waals surface area (Å²) in [5.41, 5.74) is 1.42. The second-order valence-electron chi connectivity index (χ2n) is 6.37. The predicted molar refractivity (Wildman–Crippen MR) is 97.8 cm³/mol. The fourth-order valence-corrected chi connectivity index (χ4v) is 2.17. The zero-order valence-electron chi connectivity index (χ0n) is 13.8. The summed E-state index contributed by atoms with van der Waals surface area (Å²) in [5.74, 6) is -0.155. The lowest BCUT2D eigenvalue weighted by atomic mass is 10.1. The van der Waals surface area contributed by atoms with Crippen molar-refractivity contribution in [3.05, 3.63) is 59.1 Å². The number of halogens is 1. The van der Waals surface area contributed by atoms with Crippen LogP contribution in [-0.2, 0) is 0 Å². The lowest BCUT2D eigenvalue weighted by molar-refractivity contribution is 0.0919. The van der Waals surface area contributed by atoms with E-state index < -0.39 is 0 Å². The Labute approximate surface area is 146 Å². The summed E-state index contributed by atoms with van der Waals surface area (Å²) < 4.78 is 0. The lowest BCUT2D eigenvalue weighted by Gasteiger charge is -2.20. The molecule has 2 rings (SSSR count). The molecule has 0 radical (unpaired) electrons. The number of nitrogens with one attached hydrogen (secondary N) is 3. The maximum atomic E-state index is 12.0. The monoisotopic (exact) mass is 345 g/mol. The standard InChI is InChI=1S/C18H20ClN3O2/c1-18(2,3)22-16(23)12-7-9-14(10-8-12)20-17(24)21-15-6-4-5-13(19)11-15/h4-11H,1-3H3,(H,22,23)(H2,20,21,24). The largest absolute Gasteiger partial charge is 0.347 e. The topological polar surface area (TPSA) is 70.2 Å². The highest BCUT2D eigenvalue weighted by atomic mass is 35.5. The molecule has 0 aliphatic heterocycles. The van der Waals surface area contributed by atoms with E-state index in [2.05, 4.69) is 16.0 Å². The number of hydrogen-bond acceptors (Lipinski definition) is 2. The van der Waals surface area contributed by atoms with Gasteiger partial charge in [0, 0.05) is 27.5 Å². The van der Waals surface area contributed by atoms with Crippen molar-refractivity contribution in [1.29, 1.82) is 0 Å². The van der Waals surface area contributed by atoms with Crippen LogP contribution in [0.1, 0.15) is 31.1 Å². The van der Waals surface area contributed by atoms with Gasteiger partial charge in [0.05, 0.1) is 0 Å². The smallest absolute Gasteiger partial charge is 0.323 e. The highest BCUT2D eigenvalue weighted by molar-refractivity contribution is 6.30. The highest BCUT2D eigenvalue weighted by Gasteiger charge is 2.15. The average Bonchev–Trinajstić information content (AvgIpc) is 2.46. The number of anilines is 2. The van der Waals surface area contributed by atoms with Crippen LogP contribution in [0.5, 0.6) is 0 Å². The van der Waals surface area contributed by atoms with Gasteiger partial charge >= 0.3 is 6.03 Å². The van der Waals surface area contributed by atoms with Gasteiger partial charge in [0.2, 0.25) is 0 Å². The Morgan fingerprint density at radius 1 is 0.917 bits per heavy atom. The van der Waals surface area contributed by atoms with E-state index in [0.717, 1.165) is 0 Å². The number of urea groups is 1. The third-order valence-corrected chi connectivity index (χ3v) is 3.21. The van der Waals surface area contributed by atoms with Crippen LogP contribution in [0.2, 0.25) is 5.02 Å². The van der Waals surface area contributed by atoms with E-state index in [1.807, 2.05) is 20.8 Å². The quantitative estimate of drug-likeness (QED) is 0.765. The molecular weight excluding hydrogens is 326 g/mol. The fraction of sp³-hybridized carbons (Fsp3) is 0.222. The van der Waals surface area contributed by atoms with Gasteiger partial charge in [-0.2, -0.15) is 0 Å². The molecule has 0 heterocycles. The van der Waals surface area contributed by atoms with Gasteiger partial charge < -0.3 is 16.0 Å². The van der Waals surface area contributed by atoms with Crippen molar-refractivity contribution in [2.75, 3.05) is 10.6 Å². The van der Waals surface area contributed by atoms with E-state index in [0.29, 0.717) is 22.0 Å². The summed E-state index contributed by atoms with van der Waals surface area (Å²) >= 11 is 5.87. The molecule has 5 nitrogen and oxygen atoms in total. The summed E-state index contributed by atoms with van der Waals surface area (Å²) in [6, 6.07) is 13.2. The Morgan fingerprint density at radius 3 is 2.12 bits per heavy atom. The van der Waals surface area contributed by atoms with Crippen molar-refractivity contribution in [2.45, 2.75) is 26.3 Å². The molecule has 0 saturated heterocycles. The van der Waals surface area contributed by atoms with Crippen molar-refractivity contribution < 1.29 is 9.59 Å². The first-order valence-electron chi connectivity index (χ1n) is 7.49. The minimum absolute atomic E-state index is 0.155. The molecule has 126 valence electrons. The van der Waals surface area contributed by atoms with E-state index in [1.54, 1.807) is 48.5 Å². The molecule has 0 aromatic heterocycles. The fourth-order valence-electron chi connectivity index (χ4n) is 1.98. The summed E-state index contributed by atoms with van der Waals surface area (Å²) in [7, 11) is 0. The second kappa shape index (κ2) is 7.36. The van der Waals surface area contributed by atoms with Crippen molar-refractivity contribution in [3.63, 3.8) is 0 Å². The first kappa shape index (κ1) is 17.8. The van der Waals surface area contributed by atoms with Gasteiger partial charge in [-0.05, 0) is 63.2 Å². The van der Waals surface area contributed by atoms with Crippen LogP contribution in [0, 0.1) is 0 Å². The van der Waals surface area contributed by atoms with E-state index in [9.17, 15) is 9.59 Å². The van der Waals surface area contributed by atoms with Crippen LogP contribution in [-0.4, -0.2) is 17.5 Å². The average molecular weight is 346 g/mol. The van der Waals surface area contributed by atoms with Crippen LogP contribution >= 0.6 is 11.6 Å². The predicted octanol–water partition coefficient (Wildman–Crippen LogP) is 4.51. The minimum atomic E-state index is -0.385. The van der Waals surface area contributed by atoms with Crippen LogP contribution in [0.4, 0.5) is 16.2 Å². The van der Waals surface area contributed by atoms with Gasteiger partial charge in [0.15, 0.2) is 0 Å². The Hall–Kier alpha value is -2.53. The number of hydrogen-bond donors (Lipinski definition) is 3. The molecule has 0 bridgehead atoms. The number of rotatable bonds is 3. The van der Waals surface area contributed by atoms with Crippen LogP contribution < -0.4 is 16.0 Å². The Bertz CT molecular complexity index is 737. The molecule has 0 aliphatic carbocycles. The zero-order chi connectivity index (χ0) is 17.7. The number of amides is 3. The van der Waals surface area contributed by atoms with E-state index in [4.69, 9.17) is 11.6 Å². The van der Waals surface area contributed by atoms with Crippen molar-refractivity contribution >= 4 is 34.9 Å². The third-order valence-electron chi connectivity index (χ3n) is 2.98. The molecule has 2 aromatic rings. The first-order chi connectivity index (χ1) is 11.2. The third kappa shape index (κ3) is 5.59. The van der Waals surface area contributed by atoms with Crippen LogP contribution in [0.25, 0.3) is 0 Å². The molecular formula is C18H20ClN3O2. The van der Waals surface area contributed by atoms with E-state index in [-0.39, 0.29) is 17.5 Å². The summed E-state index contributed by atoms with van der Waals surface area (Å²) in [6.45, 7) is 5.75. The van der Waals surface area contributed by atoms with Gasteiger partial charge in [-0.3, -0.25) is 4.79 Å². The van der Waals surface area contributed by atoms with Crippen molar-refractivity contribution in [2.24, 2.45) is 0 Å². The number of carbonyl (C=O) groups is 2. The Kier molecular flexibility index (Phi) is 5.46. The van der Waals surface area contributed by atoms with E-state index >= 15 is 0 Å². The zero-order valence-corrected chi connectivity index (χ0v) is 14.6. The Morgan fingerprint density at radius 2 is 1.54 bits per heavy atom. The van der Waals surface area contributed by atoms with Gasteiger partial charge in [-0.25, -0.2) is 4.79 Å². The molecule has 0 spiro atoms. The molecule has 3 N–H and O–H groups in total. The summed E-state index contributed by atoms with van der Waals surface area (Å²) in [5, 5.41) is 8.81. The number of carbonyl (C=O) groups excluding carboxylic acids is 2. The molecule has 6 heteroatoms. The normalized spacial score (nSPS) is 10.8. The van der Waals surface area contributed by atoms with E-state index in [1.165, 1.54) is 0 Å². The van der Waals surface area contributed by atoms with Crippen molar-refractivity contribution in [1.82, 2.24) is 5.32 Å².